The van der Waals surface area contributed by atoms with Gasteiger partial charge in [-0.25, -0.2) is 0 Å². The largest absolute Gasteiger partial charge is 0.507 e. The third-order valence-corrected chi connectivity index (χ3v) is 3.84. The Labute approximate surface area is 126 Å². The Morgan fingerprint density at radius 1 is 0.818 bits per heavy atom. The van der Waals surface area contributed by atoms with Gasteiger partial charge in [0.1, 0.15) is 28.7 Å². The minimum Gasteiger partial charge on any atom is -0.507 e. The number of phenolic OH excluding ortho intramolecular Hbond substituents is 3. The predicted molar refractivity (Wildman–Crippen MR) is 84.3 cm³/mol. The van der Waals surface area contributed by atoms with Crippen molar-refractivity contribution >= 4 is 21.5 Å². The lowest BCUT2D eigenvalue weighted by Crippen LogP contribution is -1.91. The maximum atomic E-state index is 10.6. The molecule has 3 aromatic carbocycles. The molecule has 0 aromatic heterocycles. The standard InChI is InChI=1S/C17H16O5/c1-8-4-12(18)15-11(16(8)19)6-9-5-10(21-2)7-13(22-3)14(9)17(15)20/h4-7,18-20H,1-3H3. The van der Waals surface area contributed by atoms with Crippen LogP contribution in [0.1, 0.15) is 5.56 Å². The van der Waals surface area contributed by atoms with Crippen molar-refractivity contribution in [3.63, 3.8) is 0 Å². The topological polar surface area (TPSA) is 79.2 Å². The molecule has 0 saturated carbocycles. The Hall–Kier alpha value is -2.82. The lowest BCUT2D eigenvalue weighted by Gasteiger charge is -2.14. The second-order valence-electron chi connectivity index (χ2n) is 5.14. The van der Waals surface area contributed by atoms with Gasteiger partial charge in [-0.15, -0.1) is 0 Å². The molecule has 5 heteroatoms. The van der Waals surface area contributed by atoms with E-state index >= 15 is 0 Å². The van der Waals surface area contributed by atoms with Crippen LogP contribution in [0.2, 0.25) is 0 Å². The number of ether oxygens (including phenoxy) is 2. The van der Waals surface area contributed by atoms with E-state index in [1.54, 1.807) is 25.1 Å². The van der Waals surface area contributed by atoms with Crippen LogP contribution in [0, 0.1) is 6.92 Å². The minimum atomic E-state index is -0.139. The van der Waals surface area contributed by atoms with E-state index in [2.05, 4.69) is 0 Å². The number of benzene rings is 3. The van der Waals surface area contributed by atoms with Crippen LogP contribution in [0.15, 0.2) is 24.3 Å². The highest BCUT2D eigenvalue weighted by atomic mass is 16.5. The summed E-state index contributed by atoms with van der Waals surface area (Å²) < 4.78 is 10.5. The lowest BCUT2D eigenvalue weighted by molar-refractivity contribution is 0.396. The van der Waals surface area contributed by atoms with Crippen LogP contribution in [0.3, 0.4) is 0 Å². The molecule has 0 saturated heterocycles. The summed E-state index contributed by atoms with van der Waals surface area (Å²) in [4.78, 5) is 0. The smallest absolute Gasteiger partial charge is 0.138 e. The second kappa shape index (κ2) is 4.87. The third-order valence-electron chi connectivity index (χ3n) is 3.84. The lowest BCUT2D eigenvalue weighted by atomic mass is 9.98. The van der Waals surface area contributed by atoms with Gasteiger partial charge >= 0.3 is 0 Å². The molecule has 0 aliphatic carbocycles. The summed E-state index contributed by atoms with van der Waals surface area (Å²) in [6.45, 7) is 1.68. The first-order valence-corrected chi connectivity index (χ1v) is 6.70. The first kappa shape index (κ1) is 14.1. The summed E-state index contributed by atoms with van der Waals surface area (Å²) in [5, 5.41) is 32.6. The summed E-state index contributed by atoms with van der Waals surface area (Å²) in [7, 11) is 3.03. The summed E-state index contributed by atoms with van der Waals surface area (Å²) in [6, 6.07) is 6.49. The van der Waals surface area contributed by atoms with Gasteiger partial charge in [0.25, 0.3) is 0 Å². The highest BCUT2D eigenvalue weighted by Gasteiger charge is 2.18. The summed E-state index contributed by atoms with van der Waals surface area (Å²) in [5.74, 6) is 0.779. The van der Waals surface area contributed by atoms with E-state index in [9.17, 15) is 15.3 Å². The molecule has 0 atom stereocenters. The summed E-state index contributed by atoms with van der Waals surface area (Å²) in [6.07, 6.45) is 0. The molecule has 0 fully saturated rings. The van der Waals surface area contributed by atoms with E-state index in [4.69, 9.17) is 9.47 Å². The number of aryl methyl sites for hydroxylation is 1. The molecule has 0 aliphatic heterocycles. The average Bonchev–Trinajstić information content (AvgIpc) is 2.50. The van der Waals surface area contributed by atoms with Gasteiger partial charge in [0.05, 0.1) is 25.0 Å². The van der Waals surface area contributed by atoms with Gasteiger partial charge in [-0.3, -0.25) is 0 Å². The van der Waals surface area contributed by atoms with E-state index in [1.807, 2.05) is 0 Å². The summed E-state index contributed by atoms with van der Waals surface area (Å²) >= 11 is 0. The van der Waals surface area contributed by atoms with Crippen molar-refractivity contribution in [3.8, 4) is 28.7 Å². The van der Waals surface area contributed by atoms with E-state index in [0.29, 0.717) is 33.2 Å². The number of rotatable bonds is 2. The van der Waals surface area contributed by atoms with Gasteiger partial charge in [-0.2, -0.15) is 0 Å². The molecule has 22 heavy (non-hydrogen) atoms. The van der Waals surface area contributed by atoms with Crippen molar-refractivity contribution in [3.05, 3.63) is 29.8 Å². The summed E-state index contributed by atoms with van der Waals surface area (Å²) in [5.41, 5.74) is 0.526. The maximum Gasteiger partial charge on any atom is 0.138 e. The molecule has 0 unspecified atom stereocenters. The molecule has 0 bridgehead atoms. The van der Waals surface area contributed by atoms with Crippen molar-refractivity contribution in [2.24, 2.45) is 0 Å². The van der Waals surface area contributed by atoms with E-state index in [-0.39, 0.29) is 22.6 Å². The van der Waals surface area contributed by atoms with Crippen molar-refractivity contribution in [1.82, 2.24) is 0 Å². The van der Waals surface area contributed by atoms with Crippen LogP contribution in [-0.2, 0) is 0 Å². The third kappa shape index (κ3) is 1.86. The van der Waals surface area contributed by atoms with Crippen LogP contribution >= 0.6 is 0 Å². The zero-order valence-corrected chi connectivity index (χ0v) is 12.5. The molecular weight excluding hydrogens is 284 g/mol. The normalized spacial score (nSPS) is 11.0. The molecule has 114 valence electrons. The van der Waals surface area contributed by atoms with Crippen LogP contribution < -0.4 is 9.47 Å². The molecule has 5 nitrogen and oxygen atoms in total. The van der Waals surface area contributed by atoms with Crippen LogP contribution in [0.25, 0.3) is 21.5 Å². The molecule has 0 heterocycles. The number of hydrogen-bond acceptors (Lipinski definition) is 5. The second-order valence-corrected chi connectivity index (χ2v) is 5.14. The Balaban J connectivity index is 2.58. The molecule has 0 spiro atoms. The fourth-order valence-electron chi connectivity index (χ4n) is 2.74. The Bertz CT molecular complexity index is 899. The minimum absolute atomic E-state index is 0.0202. The van der Waals surface area contributed by atoms with E-state index in [1.165, 1.54) is 20.3 Å². The zero-order chi connectivity index (χ0) is 16.0. The average molecular weight is 300 g/mol. The molecule has 3 N–H and O–H groups in total. The predicted octanol–water partition coefficient (Wildman–Crippen LogP) is 3.44. The van der Waals surface area contributed by atoms with Crippen molar-refractivity contribution in [2.75, 3.05) is 14.2 Å². The van der Waals surface area contributed by atoms with Gasteiger partial charge in [0.15, 0.2) is 0 Å². The number of hydrogen-bond donors (Lipinski definition) is 3. The SMILES string of the molecule is COc1cc(OC)c2c(O)c3c(O)cc(C)c(O)c3cc2c1. The Morgan fingerprint density at radius 3 is 2.18 bits per heavy atom. The van der Waals surface area contributed by atoms with E-state index < -0.39 is 0 Å². The first-order chi connectivity index (χ1) is 10.5. The van der Waals surface area contributed by atoms with Gasteiger partial charge in [-0.1, -0.05) is 0 Å². The first-order valence-electron chi connectivity index (χ1n) is 6.70. The van der Waals surface area contributed by atoms with Gasteiger partial charge in [-0.05, 0) is 36.1 Å². The maximum absolute atomic E-state index is 10.6. The van der Waals surface area contributed by atoms with Crippen LogP contribution in [0.5, 0.6) is 28.7 Å². The van der Waals surface area contributed by atoms with Crippen molar-refractivity contribution in [2.45, 2.75) is 6.92 Å². The van der Waals surface area contributed by atoms with Gasteiger partial charge < -0.3 is 24.8 Å². The number of fused-ring (bicyclic) bond motifs is 2. The number of aromatic hydroxyl groups is 3. The van der Waals surface area contributed by atoms with Gasteiger partial charge in [0, 0.05) is 11.5 Å². The fourth-order valence-corrected chi connectivity index (χ4v) is 2.74. The Kier molecular flexibility index (Phi) is 3.13. The van der Waals surface area contributed by atoms with Crippen LogP contribution in [-0.4, -0.2) is 29.5 Å². The monoisotopic (exact) mass is 300 g/mol. The zero-order valence-electron chi connectivity index (χ0n) is 12.5. The highest BCUT2D eigenvalue weighted by molar-refractivity contribution is 6.12. The van der Waals surface area contributed by atoms with Gasteiger partial charge in [0.2, 0.25) is 0 Å². The Morgan fingerprint density at radius 2 is 1.55 bits per heavy atom. The fraction of sp³-hybridized carbons (Fsp3) is 0.176. The highest BCUT2D eigenvalue weighted by Crippen LogP contribution is 2.47. The molecule has 0 aliphatic rings. The quantitative estimate of drug-likeness (QED) is 0.499. The van der Waals surface area contributed by atoms with Crippen molar-refractivity contribution < 1.29 is 24.8 Å². The number of methoxy groups -OCH3 is 2. The molecule has 3 rings (SSSR count). The van der Waals surface area contributed by atoms with Crippen molar-refractivity contribution in [1.29, 1.82) is 0 Å². The number of phenols is 3. The molecule has 3 aromatic rings. The molecule has 0 radical (unpaired) electrons. The molecule has 0 amide bonds. The van der Waals surface area contributed by atoms with Crippen LogP contribution in [0.4, 0.5) is 0 Å². The van der Waals surface area contributed by atoms with E-state index in [0.717, 1.165) is 0 Å². The molecular formula is C17H16O5.